The summed E-state index contributed by atoms with van der Waals surface area (Å²) in [5.41, 5.74) is 2.24. The van der Waals surface area contributed by atoms with Gasteiger partial charge in [-0.2, -0.15) is 26.3 Å². The van der Waals surface area contributed by atoms with Crippen molar-refractivity contribution < 1.29 is 55.6 Å². The molecule has 15 heteroatoms. The Morgan fingerprint density at radius 2 is 1.67 bits per heavy atom. The van der Waals surface area contributed by atoms with E-state index < -0.39 is 24.3 Å². The fraction of sp³-hybridized carbons (Fsp3) is 0.500. The zero-order chi connectivity index (χ0) is 29.3. The minimum absolute atomic E-state index is 0.0251. The largest absolute Gasteiger partial charge is 0.490 e. The van der Waals surface area contributed by atoms with Crippen molar-refractivity contribution in [3.63, 3.8) is 0 Å². The molecule has 0 amide bonds. The van der Waals surface area contributed by atoms with Crippen LogP contribution in [0.25, 0.3) is 0 Å². The van der Waals surface area contributed by atoms with Crippen molar-refractivity contribution in [2.45, 2.75) is 44.3 Å². The molecule has 2 aromatic heterocycles. The van der Waals surface area contributed by atoms with Gasteiger partial charge < -0.3 is 19.7 Å². The Bertz CT molecular complexity index is 1050. The van der Waals surface area contributed by atoms with Crippen LogP contribution in [-0.2, 0) is 20.9 Å². The molecule has 2 aliphatic heterocycles. The number of aryl methyl sites for hydroxylation is 1. The molecule has 1 unspecified atom stereocenters. The highest BCUT2D eigenvalue weighted by molar-refractivity contribution is 5.73. The van der Waals surface area contributed by atoms with E-state index in [1.807, 2.05) is 31.2 Å². The summed E-state index contributed by atoms with van der Waals surface area (Å²) in [4.78, 5) is 29.0. The van der Waals surface area contributed by atoms with E-state index in [1.165, 1.54) is 0 Å². The normalized spacial score (nSPS) is 18.2. The van der Waals surface area contributed by atoms with Gasteiger partial charge in [-0.05, 0) is 43.9 Å². The number of aromatic nitrogens is 2. The lowest BCUT2D eigenvalue weighted by molar-refractivity contribution is -0.193. The minimum Gasteiger partial charge on any atom is -0.478 e. The number of ether oxygens (including phenoxy) is 2. The van der Waals surface area contributed by atoms with Gasteiger partial charge >= 0.3 is 24.3 Å². The first-order valence-corrected chi connectivity index (χ1v) is 11.6. The third-order valence-corrected chi connectivity index (χ3v) is 5.75. The molecular weight excluding hydrogens is 540 g/mol. The van der Waals surface area contributed by atoms with Crippen molar-refractivity contribution in [1.82, 2.24) is 14.9 Å². The van der Waals surface area contributed by atoms with Gasteiger partial charge in [0.2, 0.25) is 5.88 Å². The van der Waals surface area contributed by atoms with E-state index >= 15 is 0 Å². The van der Waals surface area contributed by atoms with Crippen molar-refractivity contribution >= 4 is 11.9 Å². The van der Waals surface area contributed by atoms with Crippen LogP contribution < -0.4 is 4.74 Å². The average molecular weight is 567 g/mol. The molecule has 0 aliphatic carbocycles. The van der Waals surface area contributed by atoms with E-state index in [1.54, 1.807) is 6.20 Å². The summed E-state index contributed by atoms with van der Waals surface area (Å²) in [7, 11) is 0. The molecule has 0 saturated carbocycles. The molecule has 2 aliphatic rings. The van der Waals surface area contributed by atoms with Crippen molar-refractivity contribution in [1.29, 1.82) is 0 Å². The number of halogens is 6. The monoisotopic (exact) mass is 567 g/mol. The SMILES string of the molecule is Cc1cccc(CN2CC3(C2)OCCC3CCOc2ccccn2)n1.O=C(O)C(F)(F)F.O=C(O)C(F)(F)F. The van der Waals surface area contributed by atoms with Crippen molar-refractivity contribution in [3.8, 4) is 5.88 Å². The van der Waals surface area contributed by atoms with Crippen LogP contribution in [0.1, 0.15) is 24.2 Å². The quantitative estimate of drug-likeness (QED) is 0.497. The summed E-state index contributed by atoms with van der Waals surface area (Å²) in [6.45, 7) is 6.51. The molecule has 4 heterocycles. The first-order valence-electron chi connectivity index (χ1n) is 11.6. The second-order valence-electron chi connectivity index (χ2n) is 8.73. The molecule has 2 fully saturated rings. The first kappa shape index (κ1) is 31.8. The number of alkyl halides is 6. The fourth-order valence-corrected chi connectivity index (χ4v) is 4.02. The number of nitrogens with zero attached hydrogens (tertiary/aromatic N) is 3. The molecule has 0 bridgehead atoms. The van der Waals surface area contributed by atoms with E-state index in [-0.39, 0.29) is 5.60 Å². The highest BCUT2D eigenvalue weighted by atomic mass is 19.4. The second kappa shape index (κ2) is 13.6. The molecule has 0 radical (unpaired) electrons. The maximum absolute atomic E-state index is 10.6. The average Bonchev–Trinajstić information content (AvgIpc) is 3.23. The maximum atomic E-state index is 10.6. The second-order valence-corrected chi connectivity index (χ2v) is 8.73. The Hall–Kier alpha value is -3.46. The molecule has 0 aromatic carbocycles. The topological polar surface area (TPSA) is 122 Å². The summed E-state index contributed by atoms with van der Waals surface area (Å²) < 4.78 is 75.4. The number of likely N-dealkylation sites (tertiary alicyclic amines) is 1. The van der Waals surface area contributed by atoms with Crippen LogP contribution >= 0.6 is 0 Å². The number of carbonyl (C=O) groups is 2. The van der Waals surface area contributed by atoms with Crippen LogP contribution in [0.3, 0.4) is 0 Å². The minimum atomic E-state index is -5.08. The number of pyridine rings is 2. The number of aliphatic carboxylic acids is 2. The van der Waals surface area contributed by atoms with Crippen LogP contribution in [0.4, 0.5) is 26.3 Å². The summed E-state index contributed by atoms with van der Waals surface area (Å²) >= 11 is 0. The van der Waals surface area contributed by atoms with Gasteiger partial charge in [0.05, 0.1) is 17.9 Å². The molecule has 216 valence electrons. The van der Waals surface area contributed by atoms with Gasteiger partial charge in [0.1, 0.15) is 0 Å². The number of rotatable bonds is 6. The smallest absolute Gasteiger partial charge is 0.478 e. The number of carboxylic acid groups (broad SMARTS) is 2. The lowest BCUT2D eigenvalue weighted by Crippen LogP contribution is -2.64. The third-order valence-electron chi connectivity index (χ3n) is 5.75. The number of carboxylic acids is 2. The van der Waals surface area contributed by atoms with Crippen LogP contribution in [0.2, 0.25) is 0 Å². The molecule has 1 atom stereocenters. The molecule has 2 aromatic rings. The van der Waals surface area contributed by atoms with Gasteiger partial charge in [-0.1, -0.05) is 12.1 Å². The first-order chi connectivity index (χ1) is 18.1. The zero-order valence-electron chi connectivity index (χ0n) is 20.7. The molecule has 9 nitrogen and oxygen atoms in total. The lowest BCUT2D eigenvalue weighted by Gasteiger charge is -2.50. The maximum Gasteiger partial charge on any atom is 0.490 e. The van der Waals surface area contributed by atoms with E-state index in [0.717, 1.165) is 50.5 Å². The molecule has 2 saturated heterocycles. The number of hydrogen-bond acceptors (Lipinski definition) is 7. The van der Waals surface area contributed by atoms with Gasteiger partial charge in [0, 0.05) is 44.2 Å². The van der Waals surface area contributed by atoms with Crippen molar-refractivity contribution in [2.75, 3.05) is 26.3 Å². The highest BCUT2D eigenvalue weighted by Gasteiger charge is 2.52. The van der Waals surface area contributed by atoms with Gasteiger partial charge in [0.15, 0.2) is 0 Å². The predicted octanol–water partition coefficient (Wildman–Crippen LogP) is 4.11. The Kier molecular flexibility index (Phi) is 11.0. The fourth-order valence-electron chi connectivity index (χ4n) is 4.02. The van der Waals surface area contributed by atoms with E-state index in [4.69, 9.17) is 29.3 Å². The van der Waals surface area contributed by atoms with Gasteiger partial charge in [-0.3, -0.25) is 9.88 Å². The van der Waals surface area contributed by atoms with Gasteiger partial charge in [-0.25, -0.2) is 14.6 Å². The van der Waals surface area contributed by atoms with Crippen LogP contribution in [0, 0.1) is 12.8 Å². The van der Waals surface area contributed by atoms with Crippen molar-refractivity contribution in [3.05, 3.63) is 54.0 Å². The van der Waals surface area contributed by atoms with Gasteiger partial charge in [-0.15, -0.1) is 0 Å². The van der Waals surface area contributed by atoms with Gasteiger partial charge in [0.25, 0.3) is 0 Å². The highest BCUT2D eigenvalue weighted by Crippen LogP contribution is 2.42. The Labute approximate surface area is 219 Å². The molecule has 1 spiro atoms. The Morgan fingerprint density at radius 1 is 1.05 bits per heavy atom. The third kappa shape index (κ3) is 10.3. The van der Waals surface area contributed by atoms with E-state index in [2.05, 4.69) is 27.0 Å². The molecular formula is C24H27F6N3O6. The molecule has 39 heavy (non-hydrogen) atoms. The lowest BCUT2D eigenvalue weighted by atomic mass is 9.79. The van der Waals surface area contributed by atoms with Crippen LogP contribution in [0.15, 0.2) is 42.6 Å². The molecule has 2 N–H and O–H groups in total. The summed E-state index contributed by atoms with van der Waals surface area (Å²) in [6.07, 6.45) is -6.26. The van der Waals surface area contributed by atoms with Crippen LogP contribution in [-0.4, -0.2) is 81.3 Å². The van der Waals surface area contributed by atoms with Crippen molar-refractivity contribution in [2.24, 2.45) is 5.92 Å². The summed E-state index contributed by atoms with van der Waals surface area (Å²) in [6, 6.07) is 12.0. The van der Waals surface area contributed by atoms with Crippen LogP contribution in [0.5, 0.6) is 5.88 Å². The number of hydrogen-bond donors (Lipinski definition) is 2. The summed E-state index contributed by atoms with van der Waals surface area (Å²) in [5.74, 6) is -4.24. The Balaban J connectivity index is 0.000000317. The molecule has 4 rings (SSSR count). The standard InChI is InChI=1S/C20H25N3O2.2C2HF3O2/c1-16-5-4-6-18(22-16)13-23-14-20(15-23)17(9-12-25-20)8-11-24-19-7-2-3-10-21-19;2*3-2(4,5)1(6)7/h2-7,10,17H,8-9,11-15H2,1H3;2*(H,6,7). The van der Waals surface area contributed by atoms with E-state index in [9.17, 15) is 26.3 Å². The predicted molar refractivity (Wildman–Crippen MR) is 123 cm³/mol. The summed E-state index contributed by atoms with van der Waals surface area (Å²) in [5, 5.41) is 14.2. The zero-order valence-corrected chi connectivity index (χ0v) is 20.7. The Morgan fingerprint density at radius 3 is 2.18 bits per heavy atom. The van der Waals surface area contributed by atoms with E-state index in [0.29, 0.717) is 18.4 Å².